The van der Waals surface area contributed by atoms with Gasteiger partial charge in [-0.1, -0.05) is 0 Å². The minimum absolute atomic E-state index is 0.0707. The maximum atomic E-state index is 13.1. The van der Waals surface area contributed by atoms with Gasteiger partial charge in [0, 0.05) is 43.7 Å². The van der Waals surface area contributed by atoms with Gasteiger partial charge in [-0.15, -0.1) is 11.8 Å². The normalized spacial score (nSPS) is 25.2. The van der Waals surface area contributed by atoms with Crippen molar-refractivity contribution in [3.05, 3.63) is 48.0 Å². The average Bonchev–Trinajstić information content (AvgIpc) is 3.37. The summed E-state index contributed by atoms with van der Waals surface area (Å²) in [6, 6.07) is 5.53. The number of hydrogen-bond acceptors (Lipinski definition) is 5. The second-order valence-electron chi connectivity index (χ2n) is 7.38. The molecule has 0 spiro atoms. The molecule has 2 amide bonds. The van der Waals surface area contributed by atoms with Crippen molar-refractivity contribution in [1.82, 2.24) is 24.5 Å². The molecule has 1 aromatic carbocycles. The van der Waals surface area contributed by atoms with Crippen molar-refractivity contribution >= 4 is 23.6 Å². The lowest BCUT2D eigenvalue weighted by Crippen LogP contribution is -2.69. The van der Waals surface area contributed by atoms with Gasteiger partial charge in [0.05, 0.1) is 17.8 Å². The van der Waals surface area contributed by atoms with E-state index in [4.69, 9.17) is 0 Å². The molecule has 3 aliphatic heterocycles. The fraction of sp³-hybridized carbons (Fsp3) is 0.421. The van der Waals surface area contributed by atoms with Crippen LogP contribution in [-0.4, -0.2) is 79.6 Å². The van der Waals surface area contributed by atoms with Gasteiger partial charge in [-0.05, 0) is 24.3 Å². The molecule has 2 aromatic rings. The predicted molar refractivity (Wildman–Crippen MR) is 102 cm³/mol. The number of amides is 2. The summed E-state index contributed by atoms with van der Waals surface area (Å²) >= 11 is 1.65. The number of thioether (sulfide) groups is 1. The molecule has 3 saturated heterocycles. The van der Waals surface area contributed by atoms with E-state index >= 15 is 0 Å². The first kappa shape index (κ1) is 17.7. The molecule has 2 atom stereocenters. The van der Waals surface area contributed by atoms with Crippen molar-refractivity contribution in [3.63, 3.8) is 0 Å². The number of fused-ring (bicyclic) bond motifs is 2. The molecule has 1 aromatic heterocycles. The number of hydrogen-bond donors (Lipinski definition) is 0. The minimum atomic E-state index is -0.386. The maximum Gasteiger partial charge on any atom is 0.248 e. The summed E-state index contributed by atoms with van der Waals surface area (Å²) in [6.07, 6.45) is 3.71. The molecule has 0 N–H and O–H groups in total. The molecule has 28 heavy (non-hydrogen) atoms. The van der Waals surface area contributed by atoms with Gasteiger partial charge >= 0.3 is 0 Å². The number of benzene rings is 1. The smallest absolute Gasteiger partial charge is 0.248 e. The lowest BCUT2D eigenvalue weighted by atomic mass is 10.0. The zero-order valence-corrected chi connectivity index (χ0v) is 16.0. The van der Waals surface area contributed by atoms with E-state index in [-0.39, 0.29) is 29.7 Å². The third-order valence-corrected chi connectivity index (χ3v) is 6.63. The Morgan fingerprint density at radius 3 is 2.68 bits per heavy atom. The van der Waals surface area contributed by atoms with Crippen molar-refractivity contribution in [2.24, 2.45) is 0 Å². The van der Waals surface area contributed by atoms with Crippen molar-refractivity contribution < 1.29 is 14.0 Å². The van der Waals surface area contributed by atoms with Crippen LogP contribution in [0.2, 0.25) is 0 Å². The number of rotatable bonds is 3. The van der Waals surface area contributed by atoms with Crippen molar-refractivity contribution in [1.29, 1.82) is 0 Å². The Hall–Kier alpha value is -2.39. The molecule has 9 heteroatoms. The summed E-state index contributed by atoms with van der Waals surface area (Å²) in [5, 5.41) is 4.36. The molecule has 3 fully saturated rings. The predicted octanol–water partition coefficient (Wildman–Crippen LogP) is 0.939. The van der Waals surface area contributed by atoms with E-state index in [9.17, 15) is 14.0 Å². The van der Waals surface area contributed by atoms with Crippen molar-refractivity contribution in [2.75, 3.05) is 31.3 Å². The zero-order valence-electron chi connectivity index (χ0n) is 15.2. The fourth-order valence-corrected chi connectivity index (χ4v) is 5.30. The van der Waals surface area contributed by atoms with E-state index in [1.807, 2.05) is 6.20 Å². The summed E-state index contributed by atoms with van der Waals surface area (Å²) in [5.74, 6) is 1.21. The molecule has 0 bridgehead atoms. The number of carbonyl (C=O) groups excluding carboxylic acids is 2. The standard InChI is InChI=1S/C19H20FN5O2S/c20-14-1-3-15(4-2-14)25-9-13(7-21-25)8-22-5-6-23-16(10-22)18(26)24-12-28-11-17(24)19(23)27/h1-4,7,9,16-17H,5-6,8,10-12H2/t16-,17+/m1/s1. The molecule has 7 nitrogen and oxygen atoms in total. The second kappa shape index (κ2) is 6.89. The number of piperazine rings is 2. The highest BCUT2D eigenvalue weighted by Gasteiger charge is 2.49. The van der Waals surface area contributed by atoms with Gasteiger partial charge in [0.1, 0.15) is 17.9 Å². The van der Waals surface area contributed by atoms with Crippen LogP contribution in [0.15, 0.2) is 36.7 Å². The first-order valence-corrected chi connectivity index (χ1v) is 10.5. The van der Waals surface area contributed by atoms with Crippen LogP contribution >= 0.6 is 11.8 Å². The Balaban J connectivity index is 1.28. The van der Waals surface area contributed by atoms with E-state index in [1.54, 1.807) is 44.6 Å². The first-order valence-electron chi connectivity index (χ1n) is 9.31. The molecule has 0 aliphatic carbocycles. The molecule has 0 unspecified atom stereocenters. The first-order chi connectivity index (χ1) is 13.6. The fourth-order valence-electron chi connectivity index (χ4n) is 4.14. The topological polar surface area (TPSA) is 61.7 Å². The monoisotopic (exact) mass is 401 g/mol. The summed E-state index contributed by atoms with van der Waals surface area (Å²) in [5.41, 5.74) is 1.81. The maximum absolute atomic E-state index is 13.1. The van der Waals surface area contributed by atoms with E-state index in [0.717, 1.165) is 17.8 Å². The Morgan fingerprint density at radius 2 is 1.86 bits per heavy atom. The van der Waals surface area contributed by atoms with E-state index < -0.39 is 0 Å². The zero-order chi connectivity index (χ0) is 19.3. The van der Waals surface area contributed by atoms with Gasteiger partial charge in [-0.3, -0.25) is 14.5 Å². The molecule has 0 saturated carbocycles. The lowest BCUT2D eigenvalue weighted by molar-refractivity contribution is -0.162. The van der Waals surface area contributed by atoms with Crippen molar-refractivity contribution in [3.8, 4) is 5.69 Å². The van der Waals surface area contributed by atoms with E-state index in [1.165, 1.54) is 12.1 Å². The highest BCUT2D eigenvalue weighted by Crippen LogP contribution is 2.30. The van der Waals surface area contributed by atoms with Crippen LogP contribution in [-0.2, 0) is 16.1 Å². The average molecular weight is 401 g/mol. The Labute approximate surface area is 166 Å². The van der Waals surface area contributed by atoms with Crippen LogP contribution in [0.1, 0.15) is 5.56 Å². The quantitative estimate of drug-likeness (QED) is 0.766. The third kappa shape index (κ3) is 2.98. The summed E-state index contributed by atoms with van der Waals surface area (Å²) in [4.78, 5) is 31.3. The summed E-state index contributed by atoms with van der Waals surface area (Å²) in [7, 11) is 0. The van der Waals surface area contributed by atoms with Gasteiger partial charge in [0.15, 0.2) is 0 Å². The van der Waals surface area contributed by atoms with Crippen LogP contribution in [0, 0.1) is 5.82 Å². The van der Waals surface area contributed by atoms with E-state index in [0.29, 0.717) is 31.3 Å². The molecule has 0 radical (unpaired) electrons. The summed E-state index contributed by atoms with van der Waals surface area (Å²) < 4.78 is 14.8. The molecular formula is C19H20FN5O2S. The van der Waals surface area contributed by atoms with Gasteiger partial charge in [-0.2, -0.15) is 5.10 Å². The molecule has 4 heterocycles. The lowest BCUT2D eigenvalue weighted by Gasteiger charge is -2.47. The van der Waals surface area contributed by atoms with E-state index in [2.05, 4.69) is 10.00 Å². The van der Waals surface area contributed by atoms with Crippen molar-refractivity contribution in [2.45, 2.75) is 18.6 Å². The Kier molecular flexibility index (Phi) is 4.36. The van der Waals surface area contributed by atoms with Crippen LogP contribution < -0.4 is 0 Å². The second-order valence-corrected chi connectivity index (χ2v) is 8.38. The molecular weight excluding hydrogens is 381 g/mol. The molecule has 3 aliphatic rings. The third-order valence-electron chi connectivity index (χ3n) is 5.62. The number of carbonyl (C=O) groups is 2. The van der Waals surface area contributed by atoms with Gasteiger partial charge in [-0.25, -0.2) is 9.07 Å². The van der Waals surface area contributed by atoms with Crippen LogP contribution in [0.25, 0.3) is 5.69 Å². The SMILES string of the molecule is O=C1[C@@H]2CSCN2C(=O)[C@H]2CN(Cc3cnn(-c4ccc(F)cc4)c3)CCN12. The highest BCUT2D eigenvalue weighted by atomic mass is 32.2. The van der Waals surface area contributed by atoms with Gasteiger partial charge in [0.25, 0.3) is 0 Å². The molecule has 146 valence electrons. The summed E-state index contributed by atoms with van der Waals surface area (Å²) in [6.45, 7) is 2.51. The van der Waals surface area contributed by atoms with Gasteiger partial charge < -0.3 is 9.80 Å². The van der Waals surface area contributed by atoms with Crippen LogP contribution in [0.3, 0.4) is 0 Å². The van der Waals surface area contributed by atoms with Gasteiger partial charge in [0.2, 0.25) is 11.8 Å². The Bertz CT molecular complexity index is 917. The number of nitrogens with zero attached hydrogens (tertiary/aromatic N) is 5. The highest BCUT2D eigenvalue weighted by molar-refractivity contribution is 7.99. The Morgan fingerprint density at radius 1 is 1.07 bits per heavy atom. The number of halogens is 1. The van der Waals surface area contributed by atoms with Crippen LogP contribution in [0.5, 0.6) is 0 Å². The minimum Gasteiger partial charge on any atom is -0.326 e. The largest absolute Gasteiger partial charge is 0.326 e. The molecule has 5 rings (SSSR count). The number of aromatic nitrogens is 2. The van der Waals surface area contributed by atoms with Crippen LogP contribution in [0.4, 0.5) is 4.39 Å².